The number of likely N-dealkylation sites (N-methyl/N-ethyl adjacent to an activating group) is 1. The molecule has 2 aromatic carbocycles. The number of carbonyl (C=O) groups is 2. The van der Waals surface area contributed by atoms with Crippen LogP contribution in [0.15, 0.2) is 41.2 Å². The summed E-state index contributed by atoms with van der Waals surface area (Å²) >= 11 is 0. The predicted octanol–water partition coefficient (Wildman–Crippen LogP) is 3.73. The summed E-state index contributed by atoms with van der Waals surface area (Å²) in [5, 5.41) is 31.4. The number of carboxylic acid groups (broad SMARTS) is 2. The molecule has 0 saturated carbocycles. The average molecular weight is 649 g/mol. The Morgan fingerprint density at radius 3 is 2.35 bits per heavy atom. The van der Waals surface area contributed by atoms with E-state index in [-0.39, 0.29) is 6.54 Å². The summed E-state index contributed by atoms with van der Waals surface area (Å²) in [6, 6.07) is 11.8. The molecule has 1 aromatic heterocycles. The van der Waals surface area contributed by atoms with Crippen LogP contribution in [0, 0.1) is 0 Å². The predicted molar refractivity (Wildman–Crippen MR) is 164 cm³/mol. The molecular weight excluding hydrogens is 613 g/mol. The van der Waals surface area contributed by atoms with Crippen LogP contribution in [-0.4, -0.2) is 96.9 Å². The zero-order valence-electron chi connectivity index (χ0n) is 25.6. The molecular formula is C31H35F3N4O8. The second-order valence-corrected chi connectivity index (χ2v) is 11.0. The van der Waals surface area contributed by atoms with Gasteiger partial charge in [-0.1, -0.05) is 0 Å². The van der Waals surface area contributed by atoms with Gasteiger partial charge in [0, 0.05) is 59.8 Å². The molecule has 3 aromatic rings. The average Bonchev–Trinajstić information content (AvgIpc) is 3.42. The molecule has 5 rings (SSSR count). The smallest absolute Gasteiger partial charge is 0.490 e. The summed E-state index contributed by atoms with van der Waals surface area (Å²) in [6.45, 7) is 2.39. The molecule has 1 unspecified atom stereocenters. The highest BCUT2D eigenvalue weighted by Crippen LogP contribution is 2.40. The third-order valence-corrected chi connectivity index (χ3v) is 8.02. The molecule has 3 heterocycles. The van der Waals surface area contributed by atoms with Crippen molar-refractivity contribution in [1.29, 1.82) is 0 Å². The molecule has 0 aliphatic carbocycles. The van der Waals surface area contributed by atoms with E-state index in [1.807, 2.05) is 12.1 Å². The number of pyridine rings is 1. The third kappa shape index (κ3) is 6.98. The van der Waals surface area contributed by atoms with Crippen LogP contribution in [0.2, 0.25) is 0 Å². The zero-order chi connectivity index (χ0) is 33.9. The molecule has 4 N–H and O–H groups in total. The Balaban J connectivity index is 0.000000617. The minimum atomic E-state index is -5.08. The minimum Gasteiger partial charge on any atom is -0.506 e. The van der Waals surface area contributed by atoms with Gasteiger partial charge in [0.05, 0.1) is 26.5 Å². The molecule has 2 aliphatic heterocycles. The number of nitrogens with one attached hydrogen (secondary N) is 1. The first kappa shape index (κ1) is 34.0. The number of nitrogens with zero attached hydrogens (tertiary/aromatic N) is 3. The molecule has 12 nitrogen and oxygen atoms in total. The Morgan fingerprint density at radius 1 is 1.09 bits per heavy atom. The van der Waals surface area contributed by atoms with E-state index < -0.39 is 35.0 Å². The number of methoxy groups -OCH3 is 2. The summed E-state index contributed by atoms with van der Waals surface area (Å²) in [6.07, 6.45) is -3.66. The quantitative estimate of drug-likeness (QED) is 0.297. The molecule has 1 fully saturated rings. The number of halogens is 3. The summed E-state index contributed by atoms with van der Waals surface area (Å²) in [4.78, 5) is 39.2. The van der Waals surface area contributed by atoms with Gasteiger partial charge >= 0.3 is 18.1 Å². The number of hydrogen-bond donors (Lipinski definition) is 4. The van der Waals surface area contributed by atoms with Crippen molar-refractivity contribution in [3.05, 3.63) is 63.4 Å². The van der Waals surface area contributed by atoms with Gasteiger partial charge in [0.2, 0.25) is 0 Å². The second-order valence-electron chi connectivity index (χ2n) is 11.0. The molecule has 1 atom stereocenters. The first-order chi connectivity index (χ1) is 21.7. The van der Waals surface area contributed by atoms with Crippen LogP contribution in [0.3, 0.4) is 0 Å². The summed E-state index contributed by atoms with van der Waals surface area (Å²) in [7, 11) is 7.27. The van der Waals surface area contributed by atoms with Crippen molar-refractivity contribution in [1.82, 2.24) is 9.47 Å². The van der Waals surface area contributed by atoms with Gasteiger partial charge in [0.1, 0.15) is 17.2 Å². The molecule has 15 heteroatoms. The van der Waals surface area contributed by atoms with Gasteiger partial charge in [-0.05, 0) is 57.3 Å². The van der Waals surface area contributed by atoms with E-state index in [4.69, 9.17) is 19.4 Å². The van der Waals surface area contributed by atoms with E-state index >= 15 is 0 Å². The molecule has 248 valence electrons. The van der Waals surface area contributed by atoms with Crippen molar-refractivity contribution in [2.75, 3.05) is 58.2 Å². The van der Waals surface area contributed by atoms with Crippen molar-refractivity contribution in [3.8, 4) is 28.5 Å². The van der Waals surface area contributed by atoms with Crippen LogP contribution in [0.1, 0.15) is 27.9 Å². The van der Waals surface area contributed by atoms with Gasteiger partial charge in [-0.15, -0.1) is 0 Å². The number of benzene rings is 2. The van der Waals surface area contributed by atoms with Crippen LogP contribution < -0.4 is 25.2 Å². The Hall–Kier alpha value is -4.92. The first-order valence-electron chi connectivity index (χ1n) is 14.2. The third-order valence-electron chi connectivity index (χ3n) is 8.02. The number of hydrogen-bond acceptors (Lipinski definition) is 9. The minimum absolute atomic E-state index is 0.0483. The van der Waals surface area contributed by atoms with E-state index in [1.165, 1.54) is 11.7 Å². The number of anilines is 2. The molecule has 0 spiro atoms. The topological polar surface area (TPSA) is 154 Å². The van der Waals surface area contributed by atoms with E-state index in [0.29, 0.717) is 47.3 Å². The number of aromatic hydroxyl groups is 1. The fraction of sp³-hybridized carbons (Fsp3) is 0.387. The van der Waals surface area contributed by atoms with Crippen molar-refractivity contribution in [2.45, 2.75) is 31.6 Å². The van der Waals surface area contributed by atoms with E-state index in [0.717, 1.165) is 36.4 Å². The largest absolute Gasteiger partial charge is 0.506 e. The Labute approximate surface area is 262 Å². The molecule has 2 aliphatic rings. The number of aromatic carboxylic acids is 1. The standard InChI is InChI=1S/C29H34N4O6.C2HF3O2/c1-31(2)19-10-12-32(16-19)18-6-8-21-23(13-18)30-11-9-22-26(21)33(28(35)25(27(22)34)29(36)37)15-17-5-7-20(38-3)14-24(17)39-4;3-2(4,5)1(6)7/h5-8,13-14,19,30,34H,9-12,15-16H2,1-4H3,(H,36,37);(H,6,7). The number of rotatable bonds is 7. The van der Waals surface area contributed by atoms with Gasteiger partial charge in [-0.3, -0.25) is 4.79 Å². The number of aromatic nitrogens is 1. The van der Waals surface area contributed by atoms with Crippen LogP contribution in [0.25, 0.3) is 11.3 Å². The molecule has 1 saturated heterocycles. The lowest BCUT2D eigenvalue weighted by atomic mass is 9.98. The monoisotopic (exact) mass is 648 g/mol. The van der Waals surface area contributed by atoms with Gasteiger partial charge in [-0.25, -0.2) is 9.59 Å². The van der Waals surface area contributed by atoms with Gasteiger partial charge < -0.3 is 44.5 Å². The Bertz CT molecular complexity index is 1690. The van der Waals surface area contributed by atoms with Gasteiger partial charge in [-0.2, -0.15) is 13.2 Å². The molecule has 0 bridgehead atoms. The number of aliphatic carboxylic acids is 1. The lowest BCUT2D eigenvalue weighted by Gasteiger charge is -2.24. The van der Waals surface area contributed by atoms with Crippen LogP contribution in [0.5, 0.6) is 17.2 Å². The summed E-state index contributed by atoms with van der Waals surface area (Å²) in [5.41, 5.74) is 2.82. The lowest BCUT2D eigenvalue weighted by Crippen LogP contribution is -2.31. The van der Waals surface area contributed by atoms with Crippen molar-refractivity contribution in [2.24, 2.45) is 0 Å². The Kier molecular flexibility index (Phi) is 10.0. The number of alkyl halides is 3. The second kappa shape index (κ2) is 13.6. The number of fused-ring (bicyclic) bond motifs is 3. The van der Waals surface area contributed by atoms with Gasteiger partial charge in [0.15, 0.2) is 5.56 Å². The zero-order valence-corrected chi connectivity index (χ0v) is 25.6. The fourth-order valence-corrected chi connectivity index (χ4v) is 5.61. The molecule has 46 heavy (non-hydrogen) atoms. The van der Waals surface area contributed by atoms with E-state index in [2.05, 4.69) is 35.3 Å². The van der Waals surface area contributed by atoms with Crippen molar-refractivity contribution < 1.29 is 47.6 Å². The van der Waals surface area contributed by atoms with Crippen LogP contribution in [-0.2, 0) is 17.8 Å². The first-order valence-corrected chi connectivity index (χ1v) is 14.2. The fourth-order valence-electron chi connectivity index (χ4n) is 5.61. The van der Waals surface area contributed by atoms with E-state index in [1.54, 1.807) is 25.3 Å². The van der Waals surface area contributed by atoms with Crippen molar-refractivity contribution in [3.63, 3.8) is 0 Å². The maximum atomic E-state index is 13.7. The molecule has 0 amide bonds. The lowest BCUT2D eigenvalue weighted by molar-refractivity contribution is -0.192. The Morgan fingerprint density at radius 2 is 1.78 bits per heavy atom. The SMILES string of the molecule is COc1ccc(Cn2c3c(c(O)c(C(=O)O)c2=O)CCNc2cc(N4CCC(N(C)C)C4)ccc2-3)c(OC)c1.O=C(O)C(F)(F)F. The molecule has 0 radical (unpaired) electrons. The summed E-state index contributed by atoms with van der Waals surface area (Å²) < 4.78 is 44.0. The number of carboxylic acids is 2. The van der Waals surface area contributed by atoms with Crippen LogP contribution >= 0.6 is 0 Å². The normalized spacial score (nSPS) is 15.6. The van der Waals surface area contributed by atoms with E-state index in [9.17, 15) is 33.0 Å². The van der Waals surface area contributed by atoms with Crippen LogP contribution in [0.4, 0.5) is 24.5 Å². The summed E-state index contributed by atoms with van der Waals surface area (Å²) in [5.74, 6) is -3.60. The van der Waals surface area contributed by atoms with Crippen molar-refractivity contribution >= 4 is 23.3 Å². The highest BCUT2D eigenvalue weighted by atomic mass is 19.4. The van der Waals surface area contributed by atoms with Gasteiger partial charge in [0.25, 0.3) is 5.56 Å². The maximum Gasteiger partial charge on any atom is 0.490 e. The maximum absolute atomic E-state index is 13.7. The highest BCUT2D eigenvalue weighted by Gasteiger charge is 2.38. The highest BCUT2D eigenvalue weighted by molar-refractivity contribution is 5.93. The number of ether oxygens (including phenoxy) is 2.